The number of alkyl halides is 1. The number of ether oxygens (including phenoxy) is 1. The van der Waals surface area contributed by atoms with Crippen LogP contribution in [0.25, 0.3) is 10.9 Å². The molecule has 2 aromatic rings. The zero-order chi connectivity index (χ0) is 19.0. The first-order chi connectivity index (χ1) is 13.0. The van der Waals surface area contributed by atoms with Crippen molar-refractivity contribution >= 4 is 22.3 Å². The number of nitrogens with one attached hydrogen (secondary N) is 2. The molecule has 0 aliphatic carbocycles. The number of morpholine rings is 1. The van der Waals surface area contributed by atoms with Crippen molar-refractivity contribution in [2.75, 3.05) is 36.8 Å². The predicted octanol–water partition coefficient (Wildman–Crippen LogP) is 1.82. The molecule has 6 nitrogen and oxygen atoms in total. The maximum absolute atomic E-state index is 13.9. The maximum Gasteiger partial charge on any atom is 0.134 e. The highest BCUT2D eigenvalue weighted by Crippen LogP contribution is 2.32. The fraction of sp³-hybridized carbons (Fsp3) is 0.450. The van der Waals surface area contributed by atoms with Crippen LogP contribution in [0.1, 0.15) is 6.92 Å². The van der Waals surface area contributed by atoms with Gasteiger partial charge in [-0.1, -0.05) is 6.58 Å². The number of aromatic nitrogens is 1. The molecule has 1 aromatic carbocycles. The number of pyridine rings is 1. The summed E-state index contributed by atoms with van der Waals surface area (Å²) in [6.07, 6.45) is 0.647. The van der Waals surface area contributed by atoms with E-state index in [-0.39, 0.29) is 18.2 Å². The molecular weight excluding hydrogens is 345 g/mol. The number of hydrogen-bond donors (Lipinski definition) is 3. The van der Waals surface area contributed by atoms with Gasteiger partial charge in [-0.15, -0.1) is 0 Å². The lowest BCUT2D eigenvalue weighted by atomic mass is 10.1. The first-order valence-corrected chi connectivity index (χ1v) is 9.36. The van der Waals surface area contributed by atoms with E-state index in [1.165, 1.54) is 0 Å². The summed E-state index contributed by atoms with van der Waals surface area (Å²) in [5.74, 6) is 0. The van der Waals surface area contributed by atoms with Crippen molar-refractivity contribution in [1.29, 1.82) is 0 Å². The predicted molar refractivity (Wildman–Crippen MR) is 107 cm³/mol. The molecule has 4 N–H and O–H groups in total. The normalized spacial score (nSPS) is 28.4. The van der Waals surface area contributed by atoms with E-state index < -0.39 is 6.17 Å². The van der Waals surface area contributed by atoms with Crippen LogP contribution in [0.5, 0.6) is 0 Å². The van der Waals surface area contributed by atoms with Crippen molar-refractivity contribution in [2.24, 2.45) is 0 Å². The fourth-order valence-corrected chi connectivity index (χ4v) is 3.92. The van der Waals surface area contributed by atoms with Crippen molar-refractivity contribution < 1.29 is 9.13 Å². The third kappa shape index (κ3) is 3.57. The molecule has 0 radical (unpaired) electrons. The van der Waals surface area contributed by atoms with E-state index in [9.17, 15) is 4.39 Å². The summed E-state index contributed by atoms with van der Waals surface area (Å²) in [4.78, 5) is 6.70. The molecule has 4 unspecified atom stereocenters. The summed E-state index contributed by atoms with van der Waals surface area (Å²) in [5, 5.41) is 7.29. The second-order valence-electron chi connectivity index (χ2n) is 7.36. The standard InChI is InChI=1S/C20H26FN5O/c1-12-10-26(18-6-5-16(22)20-14(18)4-3-7-24-20)11-19(27-12)13(2)25-17-9-23-8-15(17)21/h3-7,12,15,17,19,23,25H,2,8-11,22H2,1H3. The molecule has 3 heterocycles. The number of fused-ring (bicyclic) bond motifs is 1. The molecule has 4 rings (SSSR count). The lowest BCUT2D eigenvalue weighted by Gasteiger charge is -2.40. The van der Waals surface area contributed by atoms with Crippen LogP contribution in [-0.4, -0.2) is 55.6 Å². The van der Waals surface area contributed by atoms with E-state index in [1.54, 1.807) is 6.20 Å². The molecule has 2 fully saturated rings. The van der Waals surface area contributed by atoms with Crippen molar-refractivity contribution in [1.82, 2.24) is 15.6 Å². The topological polar surface area (TPSA) is 75.4 Å². The Labute approximate surface area is 158 Å². The van der Waals surface area contributed by atoms with E-state index in [1.807, 2.05) is 31.2 Å². The number of halogens is 1. The lowest BCUT2D eigenvalue weighted by Crippen LogP contribution is -2.51. The third-order valence-corrected chi connectivity index (χ3v) is 5.28. The minimum atomic E-state index is -0.911. The summed E-state index contributed by atoms with van der Waals surface area (Å²) >= 11 is 0. The van der Waals surface area contributed by atoms with Gasteiger partial charge in [0.15, 0.2) is 0 Å². The van der Waals surface area contributed by atoms with Crippen LogP contribution in [0.3, 0.4) is 0 Å². The van der Waals surface area contributed by atoms with Crippen LogP contribution >= 0.6 is 0 Å². The summed E-state index contributed by atoms with van der Waals surface area (Å²) in [6, 6.07) is 7.62. The van der Waals surface area contributed by atoms with Gasteiger partial charge in [0.05, 0.1) is 23.3 Å². The van der Waals surface area contributed by atoms with Crippen LogP contribution in [0.4, 0.5) is 15.8 Å². The number of rotatable bonds is 4. The van der Waals surface area contributed by atoms with Crippen molar-refractivity contribution in [3.8, 4) is 0 Å². The van der Waals surface area contributed by atoms with Crippen LogP contribution in [0, 0.1) is 0 Å². The van der Waals surface area contributed by atoms with Gasteiger partial charge >= 0.3 is 0 Å². The van der Waals surface area contributed by atoms with E-state index in [4.69, 9.17) is 10.5 Å². The highest BCUT2D eigenvalue weighted by Gasteiger charge is 2.32. The molecule has 0 bridgehead atoms. The van der Waals surface area contributed by atoms with Crippen molar-refractivity contribution in [3.05, 3.63) is 42.7 Å². The summed E-state index contributed by atoms with van der Waals surface area (Å²) in [7, 11) is 0. The largest absolute Gasteiger partial charge is 0.397 e. The summed E-state index contributed by atoms with van der Waals surface area (Å²) < 4.78 is 20.0. The number of hydrogen-bond acceptors (Lipinski definition) is 6. The minimum Gasteiger partial charge on any atom is -0.397 e. The Morgan fingerprint density at radius 2 is 2.22 bits per heavy atom. The summed E-state index contributed by atoms with van der Waals surface area (Å²) in [6.45, 7) is 8.54. The Bertz CT molecular complexity index is 844. The molecule has 7 heteroatoms. The molecule has 0 saturated carbocycles. The fourth-order valence-electron chi connectivity index (χ4n) is 3.92. The lowest BCUT2D eigenvalue weighted by molar-refractivity contribution is 0.000113. The van der Waals surface area contributed by atoms with E-state index in [2.05, 4.69) is 27.1 Å². The number of anilines is 2. The van der Waals surface area contributed by atoms with Crippen molar-refractivity contribution in [2.45, 2.75) is 31.3 Å². The molecule has 1 aromatic heterocycles. The number of nitrogen functional groups attached to an aromatic ring is 1. The minimum absolute atomic E-state index is 0.0226. The van der Waals surface area contributed by atoms with Gasteiger partial charge in [0.25, 0.3) is 0 Å². The van der Waals surface area contributed by atoms with Gasteiger partial charge in [-0.25, -0.2) is 4.39 Å². The molecule has 27 heavy (non-hydrogen) atoms. The van der Waals surface area contributed by atoms with Gasteiger partial charge in [-0.3, -0.25) is 4.98 Å². The van der Waals surface area contributed by atoms with E-state index >= 15 is 0 Å². The second kappa shape index (κ2) is 7.32. The zero-order valence-corrected chi connectivity index (χ0v) is 15.5. The van der Waals surface area contributed by atoms with Crippen LogP contribution < -0.4 is 21.3 Å². The van der Waals surface area contributed by atoms with Gasteiger partial charge in [-0.2, -0.15) is 0 Å². The van der Waals surface area contributed by atoms with E-state index in [0.717, 1.165) is 28.8 Å². The molecule has 2 aliphatic rings. The van der Waals surface area contributed by atoms with Crippen molar-refractivity contribution in [3.63, 3.8) is 0 Å². The maximum atomic E-state index is 13.9. The van der Waals surface area contributed by atoms with Crippen LogP contribution in [0.2, 0.25) is 0 Å². The summed E-state index contributed by atoms with van der Waals surface area (Å²) in [5.41, 5.74) is 9.36. The zero-order valence-electron chi connectivity index (χ0n) is 15.5. The highest BCUT2D eigenvalue weighted by molar-refractivity contribution is 5.98. The molecule has 144 valence electrons. The Balaban J connectivity index is 1.56. The highest BCUT2D eigenvalue weighted by atomic mass is 19.1. The molecule has 0 amide bonds. The third-order valence-electron chi connectivity index (χ3n) is 5.28. The second-order valence-corrected chi connectivity index (χ2v) is 7.36. The average molecular weight is 371 g/mol. The van der Waals surface area contributed by atoms with Gasteiger partial charge in [0.2, 0.25) is 0 Å². The SMILES string of the molecule is C=C(NC1CNCC1F)C1CN(c2ccc(N)c3ncccc23)CC(C)O1. The molecule has 2 saturated heterocycles. The smallest absolute Gasteiger partial charge is 0.134 e. The van der Waals surface area contributed by atoms with E-state index in [0.29, 0.717) is 25.3 Å². The number of benzene rings is 1. The van der Waals surface area contributed by atoms with Gasteiger partial charge in [0, 0.05) is 49.1 Å². The Morgan fingerprint density at radius 3 is 3.00 bits per heavy atom. The van der Waals surface area contributed by atoms with Gasteiger partial charge in [-0.05, 0) is 31.2 Å². The van der Waals surface area contributed by atoms with Gasteiger partial charge < -0.3 is 26.0 Å². The monoisotopic (exact) mass is 371 g/mol. The number of nitrogens with zero attached hydrogens (tertiary/aromatic N) is 2. The van der Waals surface area contributed by atoms with Crippen LogP contribution in [-0.2, 0) is 4.74 Å². The average Bonchev–Trinajstić information content (AvgIpc) is 3.06. The molecule has 0 spiro atoms. The van der Waals surface area contributed by atoms with Gasteiger partial charge in [0.1, 0.15) is 12.3 Å². The Kier molecular flexibility index (Phi) is 4.88. The first-order valence-electron chi connectivity index (χ1n) is 9.36. The first kappa shape index (κ1) is 18.0. The molecule has 2 aliphatic heterocycles. The molecular formula is C20H26FN5O. The Hall–Kier alpha value is -2.38. The quantitative estimate of drug-likeness (QED) is 0.712. The Morgan fingerprint density at radius 1 is 1.37 bits per heavy atom. The molecule has 4 atom stereocenters. The van der Waals surface area contributed by atoms with Crippen LogP contribution in [0.15, 0.2) is 42.7 Å². The number of nitrogens with two attached hydrogens (primary N) is 1.